The van der Waals surface area contributed by atoms with E-state index >= 15 is 0 Å². The standard InChI is InChI=1S/C31H45N3O7S/c1-33(2)22-14-18(7-5-6-17-8-10-42-11-9-17)28(38)27-20(22)12-19-13-21(23(16-35)34(3)4)31(41,24(36)15-25(32)37)30(40)26(19)29(27)39/h14,17,19,21,23,35,38-39,41H,5-13,15-16H2,1-4H3,(H2,32,37)/t19-,21-,23?,31+/m0/s1. The zero-order valence-electron chi connectivity index (χ0n) is 25.1. The fourth-order valence-electron chi connectivity index (χ4n) is 7.15. The molecule has 1 aromatic carbocycles. The largest absolute Gasteiger partial charge is 0.507 e. The van der Waals surface area contributed by atoms with E-state index in [-0.39, 0.29) is 29.7 Å². The predicted octanol–water partition coefficient (Wildman–Crippen LogP) is 2.05. The molecule has 1 aliphatic heterocycles. The summed E-state index contributed by atoms with van der Waals surface area (Å²) in [6.45, 7) is -0.446. The first-order chi connectivity index (χ1) is 19.8. The van der Waals surface area contributed by atoms with Gasteiger partial charge >= 0.3 is 0 Å². The van der Waals surface area contributed by atoms with Crippen LogP contribution in [0.3, 0.4) is 0 Å². The van der Waals surface area contributed by atoms with Gasteiger partial charge in [0.25, 0.3) is 0 Å². The van der Waals surface area contributed by atoms with Gasteiger partial charge in [-0.05, 0) is 93.2 Å². The number of nitrogens with zero attached hydrogens (tertiary/aromatic N) is 2. The maximum Gasteiger partial charge on any atom is 0.225 e. The first-order valence-corrected chi connectivity index (χ1v) is 15.9. The molecule has 1 unspecified atom stereocenters. The fourth-order valence-corrected chi connectivity index (χ4v) is 8.36. The molecule has 232 valence electrons. The number of likely N-dealkylation sites (N-methyl/N-ethyl adjacent to an activating group) is 1. The molecule has 6 N–H and O–H groups in total. The molecule has 11 heteroatoms. The fraction of sp³-hybridized carbons (Fsp3) is 0.645. The van der Waals surface area contributed by atoms with E-state index < -0.39 is 59.7 Å². The summed E-state index contributed by atoms with van der Waals surface area (Å²) in [5, 5.41) is 45.2. The summed E-state index contributed by atoms with van der Waals surface area (Å²) in [4.78, 5) is 42.6. The zero-order chi connectivity index (χ0) is 30.9. The third kappa shape index (κ3) is 5.93. The lowest BCUT2D eigenvalue weighted by Gasteiger charge is -2.47. The topological polar surface area (TPSA) is 165 Å². The smallest absolute Gasteiger partial charge is 0.225 e. The van der Waals surface area contributed by atoms with Crippen molar-refractivity contribution in [3.8, 4) is 5.75 Å². The normalized spacial score (nSPS) is 25.3. The van der Waals surface area contributed by atoms with E-state index in [4.69, 9.17) is 5.73 Å². The van der Waals surface area contributed by atoms with Crippen molar-refractivity contribution in [2.75, 3.05) is 51.2 Å². The van der Waals surface area contributed by atoms with Crippen LogP contribution in [0.4, 0.5) is 5.69 Å². The van der Waals surface area contributed by atoms with Crippen molar-refractivity contribution >= 4 is 40.7 Å². The van der Waals surface area contributed by atoms with Crippen molar-refractivity contribution in [2.24, 2.45) is 23.5 Å². The van der Waals surface area contributed by atoms with Crippen molar-refractivity contribution in [3.05, 3.63) is 28.3 Å². The van der Waals surface area contributed by atoms with Gasteiger partial charge in [0.05, 0.1) is 18.6 Å². The average Bonchev–Trinajstić information content (AvgIpc) is 2.92. The Labute approximate surface area is 251 Å². The molecule has 1 amide bonds. The molecule has 0 bridgehead atoms. The molecule has 1 heterocycles. The second-order valence-electron chi connectivity index (χ2n) is 12.5. The Balaban J connectivity index is 1.79. The number of phenolic OH excluding ortho intramolecular Hbond substituents is 1. The van der Waals surface area contributed by atoms with Crippen molar-refractivity contribution in [1.29, 1.82) is 0 Å². The number of aliphatic hydroxyl groups is 3. The lowest BCUT2D eigenvalue weighted by atomic mass is 9.59. The van der Waals surface area contributed by atoms with Crippen molar-refractivity contribution in [3.63, 3.8) is 0 Å². The van der Waals surface area contributed by atoms with Crippen LogP contribution in [0.25, 0.3) is 5.76 Å². The number of rotatable bonds is 11. The van der Waals surface area contributed by atoms with E-state index in [2.05, 4.69) is 0 Å². The molecule has 2 aliphatic carbocycles. The highest BCUT2D eigenvalue weighted by Gasteiger charge is 2.60. The number of nitrogens with two attached hydrogens (primary N) is 1. The van der Waals surface area contributed by atoms with Crippen LogP contribution in [0, 0.1) is 17.8 Å². The average molecular weight is 604 g/mol. The number of amides is 1. The number of thioether (sulfide) groups is 1. The number of benzene rings is 1. The maximum absolute atomic E-state index is 14.1. The van der Waals surface area contributed by atoms with Crippen LogP contribution in [-0.4, -0.2) is 101 Å². The van der Waals surface area contributed by atoms with Crippen molar-refractivity contribution in [1.82, 2.24) is 4.90 Å². The number of anilines is 1. The number of Topliss-reactive ketones (excluding diaryl/α,β-unsaturated/α-hetero) is 2. The molecule has 2 fully saturated rings. The molecule has 4 rings (SSSR count). The minimum absolute atomic E-state index is 0.0873. The molecule has 0 aromatic heterocycles. The number of carbonyl (C=O) groups excluding carboxylic acids is 3. The number of ketones is 2. The van der Waals surface area contributed by atoms with Crippen LogP contribution in [0.1, 0.15) is 55.2 Å². The summed E-state index contributed by atoms with van der Waals surface area (Å²) in [6, 6.07) is 1.17. The van der Waals surface area contributed by atoms with Gasteiger partial charge in [-0.3, -0.25) is 14.4 Å². The lowest BCUT2D eigenvalue weighted by molar-refractivity contribution is -0.163. The van der Waals surface area contributed by atoms with E-state index in [1.165, 1.54) is 24.3 Å². The molecule has 1 saturated carbocycles. The SMILES string of the molecule is CN(C)c1cc(CCCC2CCSCC2)c(O)c2c1C[C@H]1C[C@@H](C(CO)N(C)C)[C@@](O)(C(=O)CC(N)=O)C(=O)C1=C2O. The van der Waals surface area contributed by atoms with Crippen LogP contribution in [0.15, 0.2) is 11.6 Å². The van der Waals surface area contributed by atoms with Crippen LogP contribution in [0.5, 0.6) is 5.75 Å². The first kappa shape index (κ1) is 32.3. The van der Waals surface area contributed by atoms with Crippen molar-refractivity contribution in [2.45, 2.75) is 63.0 Å². The van der Waals surface area contributed by atoms with Crippen molar-refractivity contribution < 1.29 is 34.8 Å². The quantitative estimate of drug-likeness (QED) is 0.237. The first-order valence-electron chi connectivity index (χ1n) is 14.7. The third-order valence-electron chi connectivity index (χ3n) is 9.44. The highest BCUT2D eigenvalue weighted by Crippen LogP contribution is 2.51. The van der Waals surface area contributed by atoms with Gasteiger partial charge in [0, 0.05) is 37.3 Å². The summed E-state index contributed by atoms with van der Waals surface area (Å²) >= 11 is 1.99. The zero-order valence-corrected chi connectivity index (χ0v) is 25.9. The molecular weight excluding hydrogens is 558 g/mol. The summed E-state index contributed by atoms with van der Waals surface area (Å²) < 4.78 is 0. The van der Waals surface area contributed by atoms with E-state index in [0.717, 1.165) is 18.5 Å². The summed E-state index contributed by atoms with van der Waals surface area (Å²) in [7, 11) is 7.10. The second-order valence-corrected chi connectivity index (χ2v) is 13.7. The molecule has 1 aromatic rings. The van der Waals surface area contributed by atoms with Crippen LogP contribution < -0.4 is 10.6 Å². The highest BCUT2D eigenvalue weighted by atomic mass is 32.2. The Morgan fingerprint density at radius 2 is 1.83 bits per heavy atom. The van der Waals surface area contributed by atoms with E-state index in [1.807, 2.05) is 36.8 Å². The number of hydrogen-bond donors (Lipinski definition) is 5. The number of aryl methyl sites for hydroxylation is 1. The Bertz CT molecular complexity index is 1260. The number of aliphatic hydroxyl groups excluding tert-OH is 2. The van der Waals surface area contributed by atoms with E-state index in [1.54, 1.807) is 19.0 Å². The molecule has 10 nitrogen and oxygen atoms in total. The Kier molecular flexibility index (Phi) is 9.97. The number of hydrogen-bond acceptors (Lipinski definition) is 10. The maximum atomic E-state index is 14.1. The van der Waals surface area contributed by atoms with Crippen LogP contribution in [0.2, 0.25) is 0 Å². The Morgan fingerprint density at radius 1 is 1.17 bits per heavy atom. The van der Waals surface area contributed by atoms with Crippen LogP contribution >= 0.6 is 11.8 Å². The molecule has 1 saturated heterocycles. The molecule has 0 radical (unpaired) electrons. The van der Waals surface area contributed by atoms with Crippen LogP contribution in [-0.2, 0) is 27.2 Å². The van der Waals surface area contributed by atoms with Gasteiger partial charge < -0.3 is 36.0 Å². The van der Waals surface area contributed by atoms with Gasteiger partial charge in [-0.25, -0.2) is 0 Å². The highest BCUT2D eigenvalue weighted by molar-refractivity contribution is 7.99. The van der Waals surface area contributed by atoms with Gasteiger partial charge in [0.2, 0.25) is 11.7 Å². The van der Waals surface area contributed by atoms with Gasteiger partial charge in [0.15, 0.2) is 11.4 Å². The molecular formula is C31H45N3O7S. The molecule has 4 atom stereocenters. The van der Waals surface area contributed by atoms with Gasteiger partial charge in [-0.2, -0.15) is 11.8 Å². The van der Waals surface area contributed by atoms with E-state index in [9.17, 15) is 34.8 Å². The van der Waals surface area contributed by atoms with Gasteiger partial charge in [-0.1, -0.05) is 6.42 Å². The number of primary amides is 1. The molecule has 3 aliphatic rings. The van der Waals surface area contributed by atoms with Gasteiger partial charge in [0.1, 0.15) is 11.5 Å². The minimum Gasteiger partial charge on any atom is -0.507 e. The number of phenols is 1. The summed E-state index contributed by atoms with van der Waals surface area (Å²) in [6.07, 6.45) is 4.44. The summed E-state index contributed by atoms with van der Waals surface area (Å²) in [5.74, 6) is -2.24. The lowest BCUT2D eigenvalue weighted by Crippen LogP contribution is -2.64. The van der Waals surface area contributed by atoms with Gasteiger partial charge in [-0.15, -0.1) is 0 Å². The second kappa shape index (κ2) is 13.0. The monoisotopic (exact) mass is 603 g/mol. The predicted molar refractivity (Wildman–Crippen MR) is 164 cm³/mol. The number of fused-ring (bicyclic) bond motifs is 2. The number of carbonyl (C=O) groups is 3. The Hall–Kier alpha value is -2.60. The van der Waals surface area contributed by atoms with E-state index in [0.29, 0.717) is 23.5 Å². The molecule has 42 heavy (non-hydrogen) atoms. The number of aromatic hydroxyl groups is 1. The summed E-state index contributed by atoms with van der Waals surface area (Å²) in [5.41, 5.74) is 4.78. The third-order valence-corrected chi connectivity index (χ3v) is 10.5. The molecule has 0 spiro atoms. The minimum atomic E-state index is -2.68. The Morgan fingerprint density at radius 3 is 2.40 bits per heavy atom.